The lowest BCUT2D eigenvalue weighted by molar-refractivity contribution is 0.213. The Morgan fingerprint density at radius 1 is 1.16 bits per heavy atom. The fraction of sp³-hybridized carbons (Fsp3) is 0.143. The minimum Gasteiger partial charge on any atom is -0.483 e. The molecule has 0 saturated carbocycles. The molecule has 0 bridgehead atoms. The molecule has 0 aliphatic heterocycles. The molecule has 0 fully saturated rings. The second-order valence-corrected chi connectivity index (χ2v) is 6.18. The van der Waals surface area contributed by atoms with E-state index in [0.717, 1.165) is 20.3 Å². The third-order valence-electron chi connectivity index (χ3n) is 2.60. The van der Waals surface area contributed by atoms with Gasteiger partial charge in [0, 0.05) is 16.0 Å². The van der Waals surface area contributed by atoms with E-state index >= 15 is 0 Å². The maximum absolute atomic E-state index is 5.94. The van der Waals surface area contributed by atoms with Crippen LogP contribution in [0.15, 0.2) is 51.4 Å². The van der Waals surface area contributed by atoms with E-state index in [2.05, 4.69) is 31.9 Å². The molecule has 2 aromatic rings. The van der Waals surface area contributed by atoms with Crippen LogP contribution in [0.1, 0.15) is 11.7 Å². The second-order valence-electron chi connectivity index (χ2n) is 3.97. The van der Waals surface area contributed by atoms with E-state index < -0.39 is 0 Å². The largest absolute Gasteiger partial charge is 0.483 e. The van der Waals surface area contributed by atoms with Crippen molar-refractivity contribution in [1.82, 2.24) is 0 Å². The van der Waals surface area contributed by atoms with Gasteiger partial charge in [-0.05, 0) is 51.8 Å². The highest BCUT2D eigenvalue weighted by molar-refractivity contribution is 9.10. The highest BCUT2D eigenvalue weighted by Gasteiger charge is 2.13. The molecule has 0 aliphatic rings. The SMILES string of the molecule is NCC(Oc1ccc(Cl)cc1Br)c1cccc(Br)c1. The average Bonchev–Trinajstić information content (AvgIpc) is 2.38. The Labute approximate surface area is 134 Å². The monoisotopic (exact) mass is 403 g/mol. The average molecular weight is 406 g/mol. The van der Waals surface area contributed by atoms with Gasteiger partial charge in [0.05, 0.1) is 4.47 Å². The van der Waals surface area contributed by atoms with E-state index in [1.165, 1.54) is 0 Å². The summed E-state index contributed by atoms with van der Waals surface area (Å²) < 4.78 is 7.75. The van der Waals surface area contributed by atoms with Gasteiger partial charge < -0.3 is 10.5 Å². The van der Waals surface area contributed by atoms with Crippen LogP contribution in [0, 0.1) is 0 Å². The van der Waals surface area contributed by atoms with Crippen LogP contribution in [0.5, 0.6) is 5.75 Å². The fourth-order valence-electron chi connectivity index (χ4n) is 1.68. The molecule has 2 N–H and O–H groups in total. The highest BCUT2D eigenvalue weighted by Crippen LogP contribution is 2.31. The lowest BCUT2D eigenvalue weighted by atomic mass is 10.1. The van der Waals surface area contributed by atoms with Crippen molar-refractivity contribution >= 4 is 43.5 Å². The first-order valence-electron chi connectivity index (χ1n) is 5.67. The molecule has 0 aromatic heterocycles. The standard InChI is InChI=1S/C14H12Br2ClNO/c15-10-3-1-2-9(6-10)14(8-18)19-13-5-4-11(17)7-12(13)16/h1-7,14H,8,18H2. The third kappa shape index (κ3) is 3.96. The Bertz CT molecular complexity index is 577. The topological polar surface area (TPSA) is 35.2 Å². The van der Waals surface area contributed by atoms with E-state index in [9.17, 15) is 0 Å². The molecular weight excluding hydrogens is 393 g/mol. The minimum atomic E-state index is -0.199. The number of hydrogen-bond donors (Lipinski definition) is 1. The first-order valence-corrected chi connectivity index (χ1v) is 7.64. The zero-order chi connectivity index (χ0) is 13.8. The van der Waals surface area contributed by atoms with E-state index in [4.69, 9.17) is 22.1 Å². The molecule has 1 atom stereocenters. The van der Waals surface area contributed by atoms with Crippen molar-refractivity contribution in [3.63, 3.8) is 0 Å². The third-order valence-corrected chi connectivity index (χ3v) is 3.95. The highest BCUT2D eigenvalue weighted by atomic mass is 79.9. The summed E-state index contributed by atoms with van der Waals surface area (Å²) in [6.45, 7) is 0.394. The van der Waals surface area contributed by atoms with Crippen molar-refractivity contribution in [2.45, 2.75) is 6.10 Å². The number of halogens is 3. The summed E-state index contributed by atoms with van der Waals surface area (Å²) in [6.07, 6.45) is -0.199. The molecule has 2 aromatic carbocycles. The number of ether oxygens (including phenoxy) is 1. The zero-order valence-corrected chi connectivity index (χ0v) is 13.9. The Balaban J connectivity index is 2.24. The molecule has 0 amide bonds. The quantitative estimate of drug-likeness (QED) is 0.782. The summed E-state index contributed by atoms with van der Waals surface area (Å²) in [5.41, 5.74) is 6.83. The lowest BCUT2D eigenvalue weighted by Gasteiger charge is -2.19. The van der Waals surface area contributed by atoms with Gasteiger partial charge in [0.25, 0.3) is 0 Å². The molecule has 5 heteroatoms. The molecule has 100 valence electrons. The van der Waals surface area contributed by atoms with Crippen LogP contribution in [0.2, 0.25) is 5.02 Å². The van der Waals surface area contributed by atoms with Crippen molar-refractivity contribution in [3.8, 4) is 5.75 Å². The fourth-order valence-corrected chi connectivity index (χ4v) is 2.88. The van der Waals surface area contributed by atoms with E-state index in [1.54, 1.807) is 12.1 Å². The predicted molar refractivity (Wildman–Crippen MR) is 85.7 cm³/mol. The van der Waals surface area contributed by atoms with E-state index in [1.807, 2.05) is 30.3 Å². The van der Waals surface area contributed by atoms with Crippen LogP contribution in [0.3, 0.4) is 0 Å². The molecule has 2 nitrogen and oxygen atoms in total. The first-order chi connectivity index (χ1) is 9.10. The van der Waals surface area contributed by atoms with Crippen LogP contribution in [0.4, 0.5) is 0 Å². The van der Waals surface area contributed by atoms with Gasteiger partial charge in [0.1, 0.15) is 11.9 Å². The molecule has 0 radical (unpaired) electrons. The summed E-state index contributed by atoms with van der Waals surface area (Å²) in [7, 11) is 0. The van der Waals surface area contributed by atoms with Crippen LogP contribution in [0.25, 0.3) is 0 Å². The smallest absolute Gasteiger partial charge is 0.136 e. The number of rotatable bonds is 4. The second kappa shape index (κ2) is 6.75. The molecule has 1 unspecified atom stereocenters. The summed E-state index contributed by atoms with van der Waals surface area (Å²) in [5, 5.41) is 0.658. The molecule has 0 spiro atoms. The summed E-state index contributed by atoms with van der Waals surface area (Å²) in [5.74, 6) is 0.722. The van der Waals surface area contributed by atoms with Gasteiger partial charge >= 0.3 is 0 Å². The van der Waals surface area contributed by atoms with E-state index in [0.29, 0.717) is 11.6 Å². The maximum Gasteiger partial charge on any atom is 0.136 e. The van der Waals surface area contributed by atoms with Gasteiger partial charge in [-0.1, -0.05) is 39.7 Å². The van der Waals surface area contributed by atoms with Gasteiger partial charge in [-0.15, -0.1) is 0 Å². The molecule has 19 heavy (non-hydrogen) atoms. The molecule has 2 rings (SSSR count). The van der Waals surface area contributed by atoms with Crippen molar-refractivity contribution < 1.29 is 4.74 Å². The summed E-state index contributed by atoms with van der Waals surface area (Å²) in [6, 6.07) is 13.3. The summed E-state index contributed by atoms with van der Waals surface area (Å²) in [4.78, 5) is 0. The van der Waals surface area contributed by atoms with Gasteiger partial charge in [-0.25, -0.2) is 0 Å². The van der Waals surface area contributed by atoms with E-state index in [-0.39, 0.29) is 6.10 Å². The minimum absolute atomic E-state index is 0.199. The van der Waals surface area contributed by atoms with Crippen LogP contribution < -0.4 is 10.5 Å². The van der Waals surface area contributed by atoms with Gasteiger partial charge in [-0.2, -0.15) is 0 Å². The van der Waals surface area contributed by atoms with Crippen LogP contribution in [-0.4, -0.2) is 6.54 Å². The Kier molecular flexibility index (Phi) is 5.28. The normalized spacial score (nSPS) is 12.2. The molecule has 0 aliphatic carbocycles. The first kappa shape index (κ1) is 14.9. The van der Waals surface area contributed by atoms with Crippen molar-refractivity contribution in [1.29, 1.82) is 0 Å². The van der Waals surface area contributed by atoms with Crippen molar-refractivity contribution in [2.24, 2.45) is 5.73 Å². The Morgan fingerprint density at radius 2 is 1.95 bits per heavy atom. The molecule has 0 heterocycles. The van der Waals surface area contributed by atoms with Gasteiger partial charge in [0.15, 0.2) is 0 Å². The Hall–Kier alpha value is -0.550. The molecular formula is C14H12Br2ClNO. The number of hydrogen-bond acceptors (Lipinski definition) is 2. The predicted octanol–water partition coefficient (Wildman–Crippen LogP) is 4.94. The van der Waals surface area contributed by atoms with Gasteiger partial charge in [-0.3, -0.25) is 0 Å². The van der Waals surface area contributed by atoms with Crippen molar-refractivity contribution in [2.75, 3.05) is 6.54 Å². The van der Waals surface area contributed by atoms with Crippen LogP contribution in [-0.2, 0) is 0 Å². The van der Waals surface area contributed by atoms with Gasteiger partial charge in [0.2, 0.25) is 0 Å². The maximum atomic E-state index is 5.94. The number of nitrogens with two attached hydrogens (primary N) is 1. The molecule has 0 saturated heterocycles. The number of benzene rings is 2. The van der Waals surface area contributed by atoms with Crippen LogP contribution >= 0.6 is 43.5 Å². The summed E-state index contributed by atoms with van der Waals surface area (Å²) >= 11 is 12.8. The zero-order valence-electron chi connectivity index (χ0n) is 9.95. The lowest BCUT2D eigenvalue weighted by Crippen LogP contribution is -2.18. The van der Waals surface area contributed by atoms with Crippen molar-refractivity contribution in [3.05, 3.63) is 62.0 Å². The Morgan fingerprint density at radius 3 is 2.58 bits per heavy atom.